The van der Waals surface area contributed by atoms with Crippen molar-refractivity contribution in [2.75, 3.05) is 10.6 Å². The molecular weight excluding hydrogens is 384 g/mol. The summed E-state index contributed by atoms with van der Waals surface area (Å²) in [4.78, 5) is 13.1. The highest BCUT2D eigenvalue weighted by molar-refractivity contribution is 7.92. The van der Waals surface area contributed by atoms with Gasteiger partial charge in [0.1, 0.15) is 6.04 Å². The van der Waals surface area contributed by atoms with E-state index in [1.165, 1.54) is 9.87 Å². The molecule has 158 valence electrons. The van der Waals surface area contributed by atoms with E-state index in [1.807, 2.05) is 52.0 Å². The Labute approximate surface area is 175 Å². The van der Waals surface area contributed by atoms with Gasteiger partial charge in [-0.1, -0.05) is 37.3 Å². The number of rotatable bonds is 7. The fraction of sp³-hybridized carbons (Fsp3) is 0.435. The molecule has 0 heterocycles. The van der Waals surface area contributed by atoms with Crippen LogP contribution in [0, 0.1) is 27.7 Å². The molecule has 0 bridgehead atoms. The summed E-state index contributed by atoms with van der Waals surface area (Å²) in [6, 6.07) is 10.7. The molecule has 0 aliphatic rings. The third-order valence-electron chi connectivity index (χ3n) is 5.35. The first-order valence-electron chi connectivity index (χ1n) is 9.89. The van der Waals surface area contributed by atoms with Gasteiger partial charge in [-0.05, 0) is 74.9 Å². The van der Waals surface area contributed by atoms with Crippen molar-refractivity contribution in [3.8, 4) is 0 Å². The number of nitrogens with zero attached hydrogens (tertiary/aromatic N) is 1. The van der Waals surface area contributed by atoms with Crippen molar-refractivity contribution in [2.45, 2.75) is 60.0 Å². The number of amides is 1. The second kappa shape index (κ2) is 8.99. The molecule has 0 radical (unpaired) electrons. The molecule has 2 aromatic rings. The smallest absolute Gasteiger partial charge is 0.244 e. The van der Waals surface area contributed by atoms with Gasteiger partial charge in [0.05, 0.1) is 18.0 Å². The van der Waals surface area contributed by atoms with E-state index < -0.39 is 16.1 Å². The topological polar surface area (TPSA) is 66.5 Å². The minimum absolute atomic E-state index is 0.177. The Balaban J connectivity index is 2.35. The second-order valence-electron chi connectivity index (χ2n) is 7.84. The summed E-state index contributed by atoms with van der Waals surface area (Å²) in [5.74, 6) is -0.318. The molecule has 0 saturated heterocycles. The fourth-order valence-electron chi connectivity index (χ4n) is 3.43. The zero-order valence-electron chi connectivity index (χ0n) is 18.4. The lowest BCUT2D eigenvalue weighted by Gasteiger charge is -2.31. The van der Waals surface area contributed by atoms with Gasteiger partial charge in [0, 0.05) is 0 Å². The molecule has 0 aliphatic heterocycles. The maximum Gasteiger partial charge on any atom is 0.244 e. The zero-order chi connectivity index (χ0) is 21.9. The van der Waals surface area contributed by atoms with Gasteiger partial charge < -0.3 is 5.32 Å². The first-order valence-corrected chi connectivity index (χ1v) is 11.7. The molecule has 6 heteroatoms. The highest BCUT2D eigenvalue weighted by Gasteiger charge is 2.31. The van der Waals surface area contributed by atoms with Crippen molar-refractivity contribution in [3.63, 3.8) is 0 Å². The number of sulfonamides is 1. The maximum atomic E-state index is 13.1. The van der Waals surface area contributed by atoms with Crippen LogP contribution in [0.3, 0.4) is 0 Å². The van der Waals surface area contributed by atoms with Gasteiger partial charge in [-0.3, -0.25) is 9.10 Å². The Bertz CT molecular complexity index is 999. The highest BCUT2D eigenvalue weighted by atomic mass is 32.2. The molecule has 5 nitrogen and oxygen atoms in total. The fourth-order valence-corrected chi connectivity index (χ4v) is 4.66. The maximum absolute atomic E-state index is 13.1. The van der Waals surface area contributed by atoms with Crippen LogP contribution < -0.4 is 9.62 Å². The van der Waals surface area contributed by atoms with Gasteiger partial charge in [0.2, 0.25) is 15.9 Å². The van der Waals surface area contributed by atoms with Crippen LogP contribution in [0.2, 0.25) is 0 Å². The zero-order valence-corrected chi connectivity index (χ0v) is 19.2. The summed E-state index contributed by atoms with van der Waals surface area (Å²) in [7, 11) is -3.65. The third kappa shape index (κ3) is 5.38. The predicted molar refractivity (Wildman–Crippen MR) is 120 cm³/mol. The van der Waals surface area contributed by atoms with Gasteiger partial charge in [-0.15, -0.1) is 0 Å². The summed E-state index contributed by atoms with van der Waals surface area (Å²) < 4.78 is 26.4. The van der Waals surface area contributed by atoms with E-state index in [2.05, 4.69) is 18.3 Å². The Morgan fingerprint density at radius 1 is 1.00 bits per heavy atom. The molecule has 1 amide bonds. The normalized spacial score (nSPS) is 13.6. The summed E-state index contributed by atoms with van der Waals surface area (Å²) >= 11 is 0. The van der Waals surface area contributed by atoms with Gasteiger partial charge >= 0.3 is 0 Å². The summed E-state index contributed by atoms with van der Waals surface area (Å²) in [6.07, 6.45) is 1.85. The molecule has 0 saturated carbocycles. The van der Waals surface area contributed by atoms with Crippen LogP contribution in [0.5, 0.6) is 0 Å². The van der Waals surface area contributed by atoms with E-state index in [0.29, 0.717) is 12.1 Å². The van der Waals surface area contributed by atoms with Gasteiger partial charge in [-0.25, -0.2) is 8.42 Å². The highest BCUT2D eigenvalue weighted by Crippen LogP contribution is 2.27. The number of hydrogen-bond donors (Lipinski definition) is 1. The molecular formula is C23H32N2O3S. The van der Waals surface area contributed by atoms with Crippen LogP contribution >= 0.6 is 0 Å². The van der Waals surface area contributed by atoms with Gasteiger partial charge in [-0.2, -0.15) is 0 Å². The SMILES string of the molecule is CCC(NC(=O)C(C)N(c1cc(C)ccc1C)S(C)(=O)=O)c1ccc(C)c(C)c1. The van der Waals surface area contributed by atoms with Crippen LogP contribution in [0.1, 0.15) is 54.1 Å². The van der Waals surface area contributed by atoms with E-state index >= 15 is 0 Å². The van der Waals surface area contributed by atoms with Crippen LogP contribution in [-0.4, -0.2) is 26.6 Å². The summed E-state index contributed by atoms with van der Waals surface area (Å²) in [6.45, 7) is 11.5. The Morgan fingerprint density at radius 3 is 2.17 bits per heavy atom. The average molecular weight is 417 g/mol. The van der Waals surface area contributed by atoms with Crippen molar-refractivity contribution in [3.05, 3.63) is 64.2 Å². The quantitative estimate of drug-likeness (QED) is 0.730. The van der Waals surface area contributed by atoms with Crippen molar-refractivity contribution in [1.82, 2.24) is 5.32 Å². The van der Waals surface area contributed by atoms with E-state index in [9.17, 15) is 13.2 Å². The molecule has 1 N–H and O–H groups in total. The number of carbonyl (C=O) groups is 1. The molecule has 2 unspecified atom stereocenters. The van der Waals surface area contributed by atoms with Gasteiger partial charge in [0.15, 0.2) is 0 Å². The molecule has 2 rings (SSSR count). The molecule has 0 fully saturated rings. The Hall–Kier alpha value is -2.34. The first-order chi connectivity index (χ1) is 13.5. The van der Waals surface area contributed by atoms with Crippen LogP contribution in [0.15, 0.2) is 36.4 Å². The third-order valence-corrected chi connectivity index (χ3v) is 6.58. The lowest BCUT2D eigenvalue weighted by molar-refractivity contribution is -0.122. The number of hydrogen-bond acceptors (Lipinski definition) is 3. The number of aryl methyl sites for hydroxylation is 4. The number of carbonyl (C=O) groups excluding carboxylic acids is 1. The predicted octanol–water partition coefficient (Wildman–Crippen LogP) is 4.34. The number of nitrogens with one attached hydrogen (secondary N) is 1. The van der Waals surface area contributed by atoms with Crippen molar-refractivity contribution in [2.24, 2.45) is 0 Å². The largest absolute Gasteiger partial charge is 0.347 e. The first kappa shape index (κ1) is 22.9. The summed E-state index contributed by atoms with van der Waals surface area (Å²) in [5, 5.41) is 3.04. The molecule has 0 aromatic heterocycles. The van der Waals surface area contributed by atoms with Crippen LogP contribution in [0.4, 0.5) is 5.69 Å². The monoisotopic (exact) mass is 416 g/mol. The second-order valence-corrected chi connectivity index (χ2v) is 9.70. The number of anilines is 1. The minimum Gasteiger partial charge on any atom is -0.347 e. The van der Waals surface area contributed by atoms with E-state index in [-0.39, 0.29) is 11.9 Å². The van der Waals surface area contributed by atoms with Gasteiger partial charge in [0.25, 0.3) is 0 Å². The molecule has 2 atom stereocenters. The Morgan fingerprint density at radius 2 is 1.62 bits per heavy atom. The standard InChI is InChI=1S/C23H32N2O3S/c1-8-21(20-12-11-16(3)18(5)14-20)24-23(26)19(6)25(29(7,27)28)22-13-15(2)9-10-17(22)4/h9-14,19,21H,8H2,1-7H3,(H,24,26). The van der Waals surface area contributed by atoms with E-state index in [0.717, 1.165) is 28.5 Å². The minimum atomic E-state index is -3.65. The van der Waals surface area contributed by atoms with Crippen molar-refractivity contribution < 1.29 is 13.2 Å². The van der Waals surface area contributed by atoms with Crippen molar-refractivity contribution in [1.29, 1.82) is 0 Å². The average Bonchev–Trinajstić information content (AvgIpc) is 2.63. The number of benzene rings is 2. The summed E-state index contributed by atoms with van der Waals surface area (Å²) in [5.41, 5.74) is 5.66. The van der Waals surface area contributed by atoms with Crippen molar-refractivity contribution >= 4 is 21.6 Å². The van der Waals surface area contributed by atoms with Crippen LogP contribution in [-0.2, 0) is 14.8 Å². The van der Waals surface area contributed by atoms with E-state index in [4.69, 9.17) is 0 Å². The molecule has 2 aromatic carbocycles. The lowest BCUT2D eigenvalue weighted by Crippen LogP contribution is -2.48. The lowest BCUT2D eigenvalue weighted by atomic mass is 9.99. The molecule has 0 spiro atoms. The molecule has 29 heavy (non-hydrogen) atoms. The van der Waals surface area contributed by atoms with Crippen LogP contribution in [0.25, 0.3) is 0 Å². The Kier molecular flexibility index (Phi) is 7.11. The van der Waals surface area contributed by atoms with E-state index in [1.54, 1.807) is 13.0 Å². The molecule has 0 aliphatic carbocycles.